The molecule has 0 fully saturated rings. The molecule has 0 aliphatic carbocycles. The number of amides is 1. The zero-order chi connectivity index (χ0) is 17.3. The maximum Gasteiger partial charge on any atom is 0.286 e. The number of nitrogens with zero attached hydrogens (tertiary/aromatic N) is 4. The van der Waals surface area contributed by atoms with E-state index in [0.717, 1.165) is 12.1 Å². The second-order valence-corrected chi connectivity index (χ2v) is 6.08. The third-order valence-electron chi connectivity index (χ3n) is 4.27. The van der Waals surface area contributed by atoms with Crippen molar-refractivity contribution in [3.05, 3.63) is 45.9 Å². The van der Waals surface area contributed by atoms with Gasteiger partial charge in [0.1, 0.15) is 0 Å². The molecule has 1 atom stereocenters. The maximum atomic E-state index is 12.6. The molecule has 0 unspecified atom stereocenters. The number of hydrogen-bond acceptors (Lipinski definition) is 5. The predicted molar refractivity (Wildman–Crippen MR) is 91.7 cm³/mol. The summed E-state index contributed by atoms with van der Waals surface area (Å²) in [5.74, 6) is 0.00915. The first kappa shape index (κ1) is 16.2. The number of fused-ring (bicyclic) bond motifs is 1. The Morgan fingerprint density at radius 1 is 1.25 bits per heavy atom. The number of nitrogens with one attached hydrogen (secondary N) is 1. The first-order valence-electron chi connectivity index (χ1n) is 8.14. The topological polar surface area (TPSA) is 80.1 Å². The highest BCUT2D eigenvalue weighted by molar-refractivity contribution is 5.92. The average Bonchev–Trinajstić information content (AvgIpc) is 3.00. The molecule has 0 saturated heterocycles. The largest absolute Gasteiger partial charge is 0.348 e. The van der Waals surface area contributed by atoms with Gasteiger partial charge in [-0.2, -0.15) is 0 Å². The monoisotopic (exact) mass is 327 g/mol. The Bertz CT molecular complexity index is 813. The number of carbonyl (C=O) groups is 1. The average molecular weight is 327 g/mol. The van der Waals surface area contributed by atoms with Crippen LogP contribution in [-0.4, -0.2) is 33.3 Å². The molecule has 1 aliphatic rings. The summed E-state index contributed by atoms with van der Waals surface area (Å²) in [4.78, 5) is 26.7. The summed E-state index contributed by atoms with van der Waals surface area (Å²) in [7, 11) is 0. The van der Waals surface area contributed by atoms with Gasteiger partial charge in [0.25, 0.3) is 11.5 Å². The molecule has 24 heavy (non-hydrogen) atoms. The van der Waals surface area contributed by atoms with Crippen molar-refractivity contribution in [2.24, 2.45) is 0 Å². The van der Waals surface area contributed by atoms with Crippen LogP contribution in [0, 0.1) is 6.92 Å². The lowest BCUT2D eigenvalue weighted by Crippen LogP contribution is -2.38. The normalized spacial score (nSPS) is 14.4. The van der Waals surface area contributed by atoms with Crippen LogP contribution >= 0.6 is 0 Å². The number of aryl methyl sites for hydroxylation is 1. The summed E-state index contributed by atoms with van der Waals surface area (Å²) in [6.45, 7) is 6.99. The zero-order valence-electron chi connectivity index (χ0n) is 14.1. The zero-order valence-corrected chi connectivity index (χ0v) is 14.1. The van der Waals surface area contributed by atoms with Crippen molar-refractivity contribution < 1.29 is 4.79 Å². The fraction of sp³-hybridized carbons (Fsp3) is 0.412. The van der Waals surface area contributed by atoms with Gasteiger partial charge in [-0.15, -0.1) is 10.2 Å². The molecular weight excluding hydrogens is 306 g/mol. The van der Waals surface area contributed by atoms with E-state index in [1.807, 2.05) is 49.9 Å². The molecule has 7 nitrogen and oxygen atoms in total. The van der Waals surface area contributed by atoms with Crippen LogP contribution in [0.5, 0.6) is 0 Å². The van der Waals surface area contributed by atoms with Gasteiger partial charge >= 0.3 is 0 Å². The molecular formula is C17H21N5O2. The lowest BCUT2D eigenvalue weighted by Gasteiger charge is -2.17. The first-order chi connectivity index (χ1) is 11.5. The van der Waals surface area contributed by atoms with E-state index in [9.17, 15) is 9.59 Å². The van der Waals surface area contributed by atoms with Crippen LogP contribution in [0.4, 0.5) is 11.6 Å². The SMILES string of the molecule is CC[C@@H](C)NC(=O)c1nnc2n(c1=O)CCN2c1ccc(C)cc1. The lowest BCUT2D eigenvalue weighted by atomic mass is 10.2. The van der Waals surface area contributed by atoms with Gasteiger partial charge in [-0.05, 0) is 32.4 Å². The van der Waals surface area contributed by atoms with Crippen molar-refractivity contribution >= 4 is 17.5 Å². The van der Waals surface area contributed by atoms with Gasteiger partial charge in [0.2, 0.25) is 11.6 Å². The quantitative estimate of drug-likeness (QED) is 0.923. The van der Waals surface area contributed by atoms with Crippen LogP contribution in [-0.2, 0) is 6.54 Å². The van der Waals surface area contributed by atoms with Crippen LogP contribution in [0.25, 0.3) is 0 Å². The van der Waals surface area contributed by atoms with E-state index in [0.29, 0.717) is 19.0 Å². The second kappa shape index (κ2) is 6.43. The summed E-state index contributed by atoms with van der Waals surface area (Å²) in [6, 6.07) is 7.98. The maximum absolute atomic E-state index is 12.6. The Kier molecular flexibility index (Phi) is 4.33. The first-order valence-corrected chi connectivity index (χ1v) is 8.14. The van der Waals surface area contributed by atoms with E-state index in [1.54, 1.807) is 0 Å². The highest BCUT2D eigenvalue weighted by Crippen LogP contribution is 2.26. The van der Waals surface area contributed by atoms with Crippen LogP contribution in [0.1, 0.15) is 36.3 Å². The minimum atomic E-state index is -0.467. The Morgan fingerprint density at radius 2 is 1.96 bits per heavy atom. The lowest BCUT2D eigenvalue weighted by molar-refractivity contribution is 0.0930. The van der Waals surface area contributed by atoms with Gasteiger partial charge in [0.15, 0.2) is 0 Å². The molecule has 1 amide bonds. The molecule has 1 aromatic carbocycles. The number of rotatable bonds is 4. The van der Waals surface area contributed by atoms with E-state index < -0.39 is 11.5 Å². The van der Waals surface area contributed by atoms with E-state index >= 15 is 0 Å². The molecule has 1 aliphatic heterocycles. The van der Waals surface area contributed by atoms with Gasteiger partial charge < -0.3 is 10.2 Å². The van der Waals surface area contributed by atoms with Crippen LogP contribution < -0.4 is 15.8 Å². The van der Waals surface area contributed by atoms with Gasteiger partial charge in [0, 0.05) is 24.8 Å². The fourth-order valence-corrected chi connectivity index (χ4v) is 2.62. The van der Waals surface area contributed by atoms with Crippen LogP contribution in [0.3, 0.4) is 0 Å². The summed E-state index contributed by atoms with van der Waals surface area (Å²) >= 11 is 0. The predicted octanol–water partition coefficient (Wildman–Crippen LogP) is 1.63. The molecule has 0 radical (unpaired) electrons. The van der Waals surface area contributed by atoms with Crippen molar-refractivity contribution in [2.45, 2.75) is 39.8 Å². The molecule has 126 valence electrons. The van der Waals surface area contributed by atoms with Crippen molar-refractivity contribution in [3.63, 3.8) is 0 Å². The van der Waals surface area contributed by atoms with Crippen LogP contribution in [0.15, 0.2) is 29.1 Å². The van der Waals surface area contributed by atoms with Gasteiger partial charge in [-0.3, -0.25) is 14.2 Å². The summed E-state index contributed by atoms with van der Waals surface area (Å²) in [6.07, 6.45) is 0.784. The summed E-state index contributed by atoms with van der Waals surface area (Å²) in [5, 5.41) is 10.8. The van der Waals surface area contributed by atoms with Gasteiger partial charge in [0.05, 0.1) is 0 Å². The van der Waals surface area contributed by atoms with Gasteiger partial charge in [-0.1, -0.05) is 24.6 Å². The van der Waals surface area contributed by atoms with Crippen LogP contribution in [0.2, 0.25) is 0 Å². The molecule has 0 spiro atoms. The molecule has 1 aromatic heterocycles. The third kappa shape index (κ3) is 2.89. The molecule has 0 bridgehead atoms. The molecule has 7 heteroatoms. The standard InChI is InChI=1S/C17H21N5O2/c1-4-12(3)18-15(23)14-16(24)22-10-9-21(17(22)20-19-14)13-7-5-11(2)6-8-13/h5-8,12H,4,9-10H2,1-3H3,(H,18,23)/t12-/m1/s1. The number of hydrogen-bond donors (Lipinski definition) is 1. The third-order valence-corrected chi connectivity index (χ3v) is 4.27. The fourth-order valence-electron chi connectivity index (χ4n) is 2.62. The molecule has 2 aromatic rings. The number of benzene rings is 1. The Hall–Kier alpha value is -2.70. The number of aromatic nitrogens is 3. The number of carbonyl (C=O) groups excluding carboxylic acids is 1. The summed E-state index contributed by atoms with van der Waals surface area (Å²) in [5.41, 5.74) is 1.58. The van der Waals surface area contributed by atoms with Crippen molar-refractivity contribution in [1.29, 1.82) is 0 Å². The van der Waals surface area contributed by atoms with Crippen molar-refractivity contribution in [1.82, 2.24) is 20.1 Å². The van der Waals surface area contributed by atoms with Crippen molar-refractivity contribution in [3.8, 4) is 0 Å². The Balaban J connectivity index is 1.92. The van der Waals surface area contributed by atoms with E-state index in [1.165, 1.54) is 10.1 Å². The smallest absolute Gasteiger partial charge is 0.286 e. The molecule has 3 rings (SSSR count). The highest BCUT2D eigenvalue weighted by Gasteiger charge is 2.27. The van der Waals surface area contributed by atoms with Gasteiger partial charge in [-0.25, -0.2) is 0 Å². The molecule has 2 heterocycles. The Morgan fingerprint density at radius 3 is 2.62 bits per heavy atom. The molecule has 1 N–H and O–H groups in total. The Labute approximate surface area is 140 Å². The minimum Gasteiger partial charge on any atom is -0.348 e. The van der Waals surface area contributed by atoms with E-state index in [2.05, 4.69) is 15.5 Å². The van der Waals surface area contributed by atoms with E-state index in [4.69, 9.17) is 0 Å². The van der Waals surface area contributed by atoms with Crippen molar-refractivity contribution in [2.75, 3.05) is 11.4 Å². The number of anilines is 2. The second-order valence-electron chi connectivity index (χ2n) is 6.08. The summed E-state index contributed by atoms with van der Waals surface area (Å²) < 4.78 is 1.51. The van der Waals surface area contributed by atoms with E-state index in [-0.39, 0.29) is 11.7 Å². The minimum absolute atomic E-state index is 0.0130. The highest BCUT2D eigenvalue weighted by atomic mass is 16.2. The molecule has 0 saturated carbocycles.